The van der Waals surface area contributed by atoms with Crippen LogP contribution < -0.4 is 11.1 Å². The van der Waals surface area contributed by atoms with Crippen molar-refractivity contribution in [3.63, 3.8) is 0 Å². The number of aromatic nitrogens is 3. The first-order valence-electron chi connectivity index (χ1n) is 10.4. The maximum absolute atomic E-state index is 12.4. The van der Waals surface area contributed by atoms with Crippen molar-refractivity contribution in [1.82, 2.24) is 19.9 Å². The lowest BCUT2D eigenvalue weighted by atomic mass is 10.0. The van der Waals surface area contributed by atoms with E-state index in [4.69, 9.17) is 10.2 Å². The van der Waals surface area contributed by atoms with Gasteiger partial charge in [0.15, 0.2) is 14.1 Å². The Morgan fingerprint density at radius 1 is 1.18 bits per heavy atom. The second kappa shape index (κ2) is 8.79. The van der Waals surface area contributed by atoms with Crippen molar-refractivity contribution in [3.05, 3.63) is 47.9 Å². The molecular formula is C22H28F3N5O2Si. The van der Waals surface area contributed by atoms with Gasteiger partial charge in [-0.05, 0) is 41.9 Å². The Bertz CT molecular complexity index is 1150. The highest BCUT2D eigenvalue weighted by Gasteiger charge is 2.37. The van der Waals surface area contributed by atoms with Crippen molar-refractivity contribution in [2.24, 2.45) is 0 Å². The zero-order valence-electron chi connectivity index (χ0n) is 19.2. The van der Waals surface area contributed by atoms with Crippen LogP contribution in [0.2, 0.25) is 18.1 Å². The molecule has 0 spiro atoms. The molecule has 0 atom stereocenters. The minimum Gasteiger partial charge on any atom is -0.411 e. The average Bonchev–Trinajstić information content (AvgIpc) is 3.09. The van der Waals surface area contributed by atoms with Gasteiger partial charge >= 0.3 is 6.18 Å². The molecule has 0 aliphatic rings. The van der Waals surface area contributed by atoms with Crippen LogP contribution in [-0.2, 0) is 11.0 Å². The van der Waals surface area contributed by atoms with E-state index in [2.05, 4.69) is 43.9 Å². The molecule has 1 amide bonds. The van der Waals surface area contributed by atoms with E-state index in [0.717, 1.165) is 16.8 Å². The number of fused-ring (bicyclic) bond motifs is 1. The quantitative estimate of drug-likeness (QED) is 0.496. The van der Waals surface area contributed by atoms with Crippen LogP contribution in [0.3, 0.4) is 0 Å². The van der Waals surface area contributed by atoms with Gasteiger partial charge in [-0.3, -0.25) is 4.79 Å². The number of alkyl halides is 3. The molecule has 3 N–H and O–H groups in total. The van der Waals surface area contributed by atoms with Crippen molar-refractivity contribution >= 4 is 25.6 Å². The Morgan fingerprint density at radius 3 is 2.39 bits per heavy atom. The zero-order chi connectivity index (χ0) is 24.6. The molecule has 178 valence electrons. The summed E-state index contributed by atoms with van der Waals surface area (Å²) in [5, 5.41) is 6.24. The number of benzene rings is 1. The van der Waals surface area contributed by atoms with E-state index in [-0.39, 0.29) is 16.4 Å². The van der Waals surface area contributed by atoms with Gasteiger partial charge in [-0.15, -0.1) is 0 Å². The number of nitrogens with two attached hydrogens (primary N) is 1. The Kier molecular flexibility index (Phi) is 6.58. The highest BCUT2D eigenvalue weighted by atomic mass is 28.4. The molecule has 7 nitrogen and oxygen atoms in total. The normalized spacial score (nSPS) is 12.8. The van der Waals surface area contributed by atoms with Crippen LogP contribution >= 0.6 is 0 Å². The molecule has 0 aliphatic heterocycles. The largest absolute Gasteiger partial charge is 0.411 e. The summed E-state index contributed by atoms with van der Waals surface area (Å²) in [6.45, 7) is 9.76. The van der Waals surface area contributed by atoms with E-state index in [0.29, 0.717) is 12.1 Å². The summed E-state index contributed by atoms with van der Waals surface area (Å²) in [5.41, 5.74) is 9.12. The maximum Gasteiger partial charge on any atom is 0.405 e. The number of rotatable bonds is 6. The summed E-state index contributed by atoms with van der Waals surface area (Å²) >= 11 is 0. The van der Waals surface area contributed by atoms with Gasteiger partial charge < -0.3 is 15.5 Å². The zero-order valence-corrected chi connectivity index (χ0v) is 20.2. The van der Waals surface area contributed by atoms with E-state index in [9.17, 15) is 18.0 Å². The van der Waals surface area contributed by atoms with E-state index >= 15 is 0 Å². The number of carbonyl (C=O) groups is 1. The molecule has 2 aromatic heterocycles. The lowest BCUT2D eigenvalue weighted by Gasteiger charge is -2.36. The van der Waals surface area contributed by atoms with E-state index < -0.39 is 26.9 Å². The first-order valence-corrected chi connectivity index (χ1v) is 13.3. The number of anilines is 1. The van der Waals surface area contributed by atoms with Gasteiger partial charge in [0, 0.05) is 11.1 Å². The van der Waals surface area contributed by atoms with E-state index in [1.165, 1.54) is 18.5 Å². The molecule has 0 saturated carbocycles. The van der Waals surface area contributed by atoms with Gasteiger partial charge in [-0.2, -0.15) is 18.3 Å². The Balaban J connectivity index is 1.91. The van der Waals surface area contributed by atoms with Crippen LogP contribution in [0.15, 0.2) is 36.7 Å². The van der Waals surface area contributed by atoms with Gasteiger partial charge in [0.25, 0.3) is 5.91 Å². The van der Waals surface area contributed by atoms with Crippen LogP contribution in [0, 0.1) is 0 Å². The summed E-state index contributed by atoms with van der Waals surface area (Å²) in [7, 11) is -2.01. The van der Waals surface area contributed by atoms with Crippen molar-refractivity contribution in [3.8, 4) is 11.1 Å². The number of halogens is 3. The molecular weight excluding hydrogens is 451 g/mol. The summed E-state index contributed by atoms with van der Waals surface area (Å²) in [5.74, 6) is -0.516. The van der Waals surface area contributed by atoms with Crippen LogP contribution in [0.25, 0.3) is 16.6 Å². The van der Waals surface area contributed by atoms with Crippen molar-refractivity contribution in [2.45, 2.75) is 51.7 Å². The Hall–Kier alpha value is -2.92. The molecule has 1 aromatic carbocycles. The number of nitrogens with zero attached hydrogens (tertiary/aromatic N) is 3. The Labute approximate surface area is 191 Å². The van der Waals surface area contributed by atoms with Gasteiger partial charge in [0.1, 0.15) is 18.4 Å². The minimum absolute atomic E-state index is 0.0411. The number of amides is 1. The minimum atomic E-state index is -4.47. The second-order valence-corrected chi connectivity index (χ2v) is 14.2. The van der Waals surface area contributed by atoms with Crippen LogP contribution in [0.5, 0.6) is 0 Å². The third-order valence-electron chi connectivity index (χ3n) is 5.95. The van der Waals surface area contributed by atoms with Crippen LogP contribution in [0.4, 0.5) is 19.0 Å². The van der Waals surface area contributed by atoms with Gasteiger partial charge in [-0.25, -0.2) is 9.50 Å². The fourth-order valence-corrected chi connectivity index (χ4v) is 3.95. The summed E-state index contributed by atoms with van der Waals surface area (Å²) in [6.07, 6.45) is -3.10. The summed E-state index contributed by atoms with van der Waals surface area (Å²) in [4.78, 5) is 16.1. The molecule has 11 heteroatoms. The molecule has 0 saturated heterocycles. The second-order valence-electron chi connectivity index (χ2n) is 9.38. The number of hydrogen-bond acceptors (Lipinski definition) is 5. The number of hydrogen-bond donors (Lipinski definition) is 2. The van der Waals surface area contributed by atoms with Crippen molar-refractivity contribution in [2.75, 3.05) is 12.3 Å². The molecule has 2 heterocycles. The number of nitrogen functional groups attached to an aromatic ring is 1. The first-order chi connectivity index (χ1) is 15.2. The SMILES string of the molecule is CC(C)(C)[Si](C)(C)OCc1cc(-c2ccc(C(=O)NCC(F)(F)F)cc2)c2c(N)ncnn12. The summed E-state index contributed by atoms with van der Waals surface area (Å²) < 4.78 is 45.1. The predicted molar refractivity (Wildman–Crippen MR) is 123 cm³/mol. The molecule has 0 unspecified atom stereocenters. The monoisotopic (exact) mass is 479 g/mol. The molecule has 3 rings (SSSR count). The fourth-order valence-electron chi connectivity index (χ4n) is 3.01. The van der Waals surface area contributed by atoms with Crippen LogP contribution in [-0.4, -0.2) is 41.5 Å². The van der Waals surface area contributed by atoms with Crippen molar-refractivity contribution in [1.29, 1.82) is 0 Å². The topological polar surface area (TPSA) is 94.5 Å². The third-order valence-corrected chi connectivity index (χ3v) is 10.4. The lowest BCUT2D eigenvalue weighted by molar-refractivity contribution is -0.123. The molecule has 33 heavy (non-hydrogen) atoms. The summed E-state index contributed by atoms with van der Waals surface area (Å²) in [6, 6.07) is 8.16. The first kappa shape index (κ1) is 24.7. The Morgan fingerprint density at radius 2 is 1.82 bits per heavy atom. The maximum atomic E-state index is 12.4. The standard InChI is InChI=1S/C22H28F3N5O2Si/c1-21(2,3)33(4,5)32-11-16-10-17(18-19(26)28-13-29-30(16)18)14-6-8-15(9-7-14)20(31)27-12-22(23,24)25/h6-10,13H,11-12H2,1-5H3,(H,27,31)(H2,26,28,29). The number of nitrogens with one attached hydrogen (secondary N) is 1. The highest BCUT2D eigenvalue weighted by Crippen LogP contribution is 2.38. The molecule has 0 radical (unpaired) electrons. The van der Waals surface area contributed by atoms with Gasteiger partial charge in [0.05, 0.1) is 12.3 Å². The van der Waals surface area contributed by atoms with Gasteiger partial charge in [-0.1, -0.05) is 32.9 Å². The predicted octanol–water partition coefficient (Wildman–Crippen LogP) is 4.79. The molecule has 0 bridgehead atoms. The fraction of sp³-hybridized carbons (Fsp3) is 0.409. The lowest BCUT2D eigenvalue weighted by Crippen LogP contribution is -2.40. The number of carbonyl (C=O) groups excluding carboxylic acids is 1. The van der Waals surface area contributed by atoms with Crippen molar-refractivity contribution < 1.29 is 22.4 Å². The molecule has 3 aromatic rings. The van der Waals surface area contributed by atoms with Crippen LogP contribution in [0.1, 0.15) is 36.8 Å². The van der Waals surface area contributed by atoms with Gasteiger partial charge in [0.2, 0.25) is 0 Å². The highest BCUT2D eigenvalue weighted by molar-refractivity contribution is 6.74. The third kappa shape index (κ3) is 5.53. The molecule has 0 aliphatic carbocycles. The van der Waals surface area contributed by atoms with E-state index in [1.807, 2.05) is 11.4 Å². The smallest absolute Gasteiger partial charge is 0.405 e. The average molecular weight is 480 g/mol. The molecule has 0 fully saturated rings. The van der Waals surface area contributed by atoms with E-state index in [1.54, 1.807) is 16.6 Å².